The Balaban J connectivity index is 1.95. The number of carbonyl (C=O) groups is 1. The third kappa shape index (κ3) is 2.98. The molecule has 1 aromatic heterocycles. The Labute approximate surface area is 175 Å². The van der Waals surface area contributed by atoms with Gasteiger partial charge in [-0.1, -0.05) is 29.8 Å². The summed E-state index contributed by atoms with van der Waals surface area (Å²) in [4.78, 5) is 15.1. The molecule has 0 saturated heterocycles. The molecule has 0 spiro atoms. The minimum Gasteiger partial charge on any atom is -0.502 e. The van der Waals surface area contributed by atoms with Gasteiger partial charge in [0, 0.05) is 17.2 Å². The molecule has 0 aliphatic carbocycles. The number of methoxy groups -OCH3 is 2. The van der Waals surface area contributed by atoms with Crippen molar-refractivity contribution in [3.8, 4) is 28.5 Å². The van der Waals surface area contributed by atoms with Crippen LogP contribution >= 0.6 is 0 Å². The number of aromatic nitrogens is 2. The number of aryl methyl sites for hydroxylation is 1. The molecule has 1 amide bonds. The van der Waals surface area contributed by atoms with E-state index in [1.165, 1.54) is 14.2 Å². The predicted molar refractivity (Wildman–Crippen MR) is 113 cm³/mol. The first kappa shape index (κ1) is 19.8. The maximum absolute atomic E-state index is 13.2. The smallest absolute Gasteiger partial charge is 0.273 e. The number of aromatic amines is 1. The van der Waals surface area contributed by atoms with Gasteiger partial charge in [-0.3, -0.25) is 9.89 Å². The number of phenols is 1. The molecule has 156 valence electrons. The van der Waals surface area contributed by atoms with Crippen LogP contribution in [0.3, 0.4) is 0 Å². The Morgan fingerprint density at radius 1 is 1.10 bits per heavy atom. The number of benzene rings is 2. The Kier molecular flexibility index (Phi) is 4.89. The number of carbonyl (C=O) groups excluding carboxylic acids is 1. The largest absolute Gasteiger partial charge is 0.502 e. The molecule has 1 aliphatic heterocycles. The molecule has 4 rings (SSSR count). The summed E-state index contributed by atoms with van der Waals surface area (Å²) >= 11 is 0. The van der Waals surface area contributed by atoms with Crippen molar-refractivity contribution in [2.75, 3.05) is 14.2 Å². The van der Waals surface area contributed by atoms with Gasteiger partial charge in [-0.25, -0.2) is 0 Å². The minimum absolute atomic E-state index is 0.0556. The summed E-state index contributed by atoms with van der Waals surface area (Å²) in [5, 5.41) is 17.8. The van der Waals surface area contributed by atoms with E-state index in [-0.39, 0.29) is 29.2 Å². The fraction of sp³-hybridized carbons (Fsp3) is 0.304. The van der Waals surface area contributed by atoms with E-state index in [0.717, 1.165) is 27.9 Å². The lowest BCUT2D eigenvalue weighted by Gasteiger charge is -2.30. The number of phenolic OH excluding ortho intramolecular Hbond substituents is 1. The second-order valence-electron chi connectivity index (χ2n) is 7.71. The van der Waals surface area contributed by atoms with E-state index in [1.807, 2.05) is 49.9 Å². The monoisotopic (exact) mass is 407 g/mol. The molecule has 7 nitrogen and oxygen atoms in total. The van der Waals surface area contributed by atoms with Gasteiger partial charge in [0.05, 0.1) is 26.0 Å². The number of rotatable bonds is 5. The highest BCUT2D eigenvalue weighted by Gasteiger charge is 2.43. The second-order valence-corrected chi connectivity index (χ2v) is 7.71. The van der Waals surface area contributed by atoms with Gasteiger partial charge in [0.1, 0.15) is 5.69 Å². The molecule has 1 atom stereocenters. The molecule has 0 saturated carbocycles. The van der Waals surface area contributed by atoms with Gasteiger partial charge < -0.3 is 19.5 Å². The number of ether oxygens (including phenoxy) is 2. The van der Waals surface area contributed by atoms with E-state index in [0.29, 0.717) is 5.69 Å². The number of amides is 1. The fourth-order valence-corrected chi connectivity index (χ4v) is 4.03. The zero-order chi connectivity index (χ0) is 21.6. The van der Waals surface area contributed by atoms with Gasteiger partial charge >= 0.3 is 0 Å². The van der Waals surface area contributed by atoms with Crippen LogP contribution < -0.4 is 9.47 Å². The average Bonchev–Trinajstić information content (AvgIpc) is 3.28. The highest BCUT2D eigenvalue weighted by atomic mass is 16.5. The summed E-state index contributed by atoms with van der Waals surface area (Å²) in [5.41, 5.74) is 4.88. The molecule has 2 heterocycles. The van der Waals surface area contributed by atoms with Crippen molar-refractivity contribution >= 4 is 5.91 Å². The highest BCUT2D eigenvalue weighted by molar-refractivity contribution is 6.00. The standard InChI is InChI=1S/C23H25N3O4/c1-12(2)26-21(15-10-16(29-4)22(27)17(11-15)30-5)18-19(24-25-20(18)23(26)28)14-8-6-13(3)7-9-14/h6-12,21,27H,1-5H3,(H,24,25). The lowest BCUT2D eigenvalue weighted by atomic mass is 9.94. The van der Waals surface area contributed by atoms with Crippen molar-refractivity contribution in [1.29, 1.82) is 0 Å². The van der Waals surface area contributed by atoms with Gasteiger partial charge in [-0.05, 0) is 38.5 Å². The van der Waals surface area contributed by atoms with E-state index >= 15 is 0 Å². The summed E-state index contributed by atoms with van der Waals surface area (Å²) in [6.07, 6.45) is 0. The predicted octanol–water partition coefficient (Wildman–Crippen LogP) is 4.06. The molecule has 7 heteroatoms. The van der Waals surface area contributed by atoms with Gasteiger partial charge in [-0.2, -0.15) is 5.10 Å². The molecule has 0 radical (unpaired) electrons. The number of nitrogens with one attached hydrogen (secondary N) is 1. The minimum atomic E-state index is -0.397. The van der Waals surface area contributed by atoms with Crippen molar-refractivity contribution < 1.29 is 19.4 Å². The van der Waals surface area contributed by atoms with E-state index in [1.54, 1.807) is 12.1 Å². The molecule has 2 N–H and O–H groups in total. The first-order chi connectivity index (χ1) is 14.4. The molecule has 2 aromatic carbocycles. The van der Waals surface area contributed by atoms with Gasteiger partial charge in [0.25, 0.3) is 5.91 Å². The van der Waals surface area contributed by atoms with E-state index in [9.17, 15) is 9.90 Å². The first-order valence-corrected chi connectivity index (χ1v) is 9.80. The van der Waals surface area contributed by atoms with Crippen LogP contribution in [0.4, 0.5) is 0 Å². The third-order valence-electron chi connectivity index (χ3n) is 5.50. The molecular formula is C23H25N3O4. The molecular weight excluding hydrogens is 382 g/mol. The van der Waals surface area contributed by atoms with Crippen LogP contribution in [0.5, 0.6) is 17.2 Å². The van der Waals surface area contributed by atoms with Crippen LogP contribution in [-0.4, -0.2) is 46.4 Å². The van der Waals surface area contributed by atoms with Crippen LogP contribution in [0.25, 0.3) is 11.3 Å². The zero-order valence-corrected chi connectivity index (χ0v) is 17.7. The Morgan fingerprint density at radius 2 is 1.70 bits per heavy atom. The van der Waals surface area contributed by atoms with Crippen LogP contribution in [0.15, 0.2) is 36.4 Å². The second kappa shape index (κ2) is 7.40. The average molecular weight is 407 g/mol. The van der Waals surface area contributed by atoms with E-state index in [4.69, 9.17) is 9.47 Å². The van der Waals surface area contributed by atoms with Gasteiger partial charge in [-0.15, -0.1) is 0 Å². The van der Waals surface area contributed by atoms with Crippen molar-refractivity contribution in [3.05, 3.63) is 58.8 Å². The molecule has 1 unspecified atom stereocenters. The lowest BCUT2D eigenvalue weighted by molar-refractivity contribution is 0.0687. The van der Waals surface area contributed by atoms with Crippen molar-refractivity contribution in [2.24, 2.45) is 0 Å². The number of aromatic hydroxyl groups is 1. The van der Waals surface area contributed by atoms with Crippen LogP contribution in [-0.2, 0) is 0 Å². The Bertz CT molecular complexity index is 1080. The number of nitrogens with zero attached hydrogens (tertiary/aromatic N) is 2. The Hall–Kier alpha value is -3.48. The lowest BCUT2D eigenvalue weighted by Crippen LogP contribution is -2.35. The summed E-state index contributed by atoms with van der Waals surface area (Å²) in [5.74, 6) is 0.390. The molecule has 30 heavy (non-hydrogen) atoms. The molecule has 1 aliphatic rings. The maximum Gasteiger partial charge on any atom is 0.273 e. The number of fused-ring (bicyclic) bond motifs is 1. The quantitative estimate of drug-likeness (QED) is 0.666. The maximum atomic E-state index is 13.2. The normalized spacial score (nSPS) is 15.6. The summed E-state index contributed by atoms with van der Waals surface area (Å²) < 4.78 is 10.7. The molecule has 3 aromatic rings. The van der Waals surface area contributed by atoms with E-state index in [2.05, 4.69) is 10.2 Å². The van der Waals surface area contributed by atoms with Crippen LogP contribution in [0.2, 0.25) is 0 Å². The molecule has 0 fully saturated rings. The van der Waals surface area contributed by atoms with Crippen molar-refractivity contribution in [1.82, 2.24) is 15.1 Å². The van der Waals surface area contributed by atoms with Crippen molar-refractivity contribution in [2.45, 2.75) is 32.9 Å². The zero-order valence-electron chi connectivity index (χ0n) is 17.7. The van der Waals surface area contributed by atoms with Crippen LogP contribution in [0.1, 0.15) is 47.1 Å². The topological polar surface area (TPSA) is 87.7 Å². The van der Waals surface area contributed by atoms with Gasteiger partial charge in [0.15, 0.2) is 11.5 Å². The fourth-order valence-electron chi connectivity index (χ4n) is 4.03. The summed E-state index contributed by atoms with van der Waals surface area (Å²) in [7, 11) is 2.97. The number of hydrogen-bond acceptors (Lipinski definition) is 5. The SMILES string of the molecule is COc1cc(C2c3c(-c4ccc(C)cc4)n[nH]c3C(=O)N2C(C)C)cc(OC)c1O. The molecule has 0 bridgehead atoms. The van der Waals surface area contributed by atoms with E-state index < -0.39 is 6.04 Å². The van der Waals surface area contributed by atoms with Gasteiger partial charge in [0.2, 0.25) is 5.75 Å². The highest BCUT2D eigenvalue weighted by Crippen LogP contribution is 2.47. The van der Waals surface area contributed by atoms with Crippen LogP contribution in [0, 0.1) is 6.92 Å². The first-order valence-electron chi connectivity index (χ1n) is 9.80. The Morgan fingerprint density at radius 3 is 2.23 bits per heavy atom. The summed E-state index contributed by atoms with van der Waals surface area (Å²) in [6, 6.07) is 11.1. The summed E-state index contributed by atoms with van der Waals surface area (Å²) in [6.45, 7) is 5.98. The van der Waals surface area contributed by atoms with Crippen molar-refractivity contribution in [3.63, 3.8) is 0 Å². The number of H-pyrrole nitrogens is 1. The number of hydrogen-bond donors (Lipinski definition) is 2. The third-order valence-corrected chi connectivity index (χ3v) is 5.50.